The van der Waals surface area contributed by atoms with Gasteiger partial charge in [-0.05, 0) is 54.1 Å². The second-order valence-corrected chi connectivity index (χ2v) is 8.39. The van der Waals surface area contributed by atoms with Gasteiger partial charge in [0.2, 0.25) is 0 Å². The second-order valence-electron chi connectivity index (χ2n) is 8.39. The number of benzene rings is 3. The summed E-state index contributed by atoms with van der Waals surface area (Å²) in [5.41, 5.74) is 0.339. The molecule has 0 bridgehead atoms. The summed E-state index contributed by atoms with van der Waals surface area (Å²) in [6, 6.07) is 8.76. The fourth-order valence-electron chi connectivity index (χ4n) is 3.80. The Balaban J connectivity index is 1.63. The molecule has 0 atom stereocenters. The van der Waals surface area contributed by atoms with Crippen LogP contribution in [0.1, 0.15) is 42.8 Å². The first kappa shape index (κ1) is 20.6. The minimum Gasteiger partial charge on any atom is -0.423 e. The van der Waals surface area contributed by atoms with E-state index < -0.39 is 55.6 Å². The van der Waals surface area contributed by atoms with Gasteiger partial charge in [0.25, 0.3) is 0 Å². The van der Waals surface area contributed by atoms with Crippen LogP contribution in [0.4, 0.5) is 0 Å². The summed E-state index contributed by atoms with van der Waals surface area (Å²) in [6.45, 7) is 2.32. The average molecular weight is 507 g/mol. The lowest BCUT2D eigenvalue weighted by Crippen LogP contribution is -2.32. The summed E-state index contributed by atoms with van der Waals surface area (Å²) in [6.07, 6.45) is 3.91. The molecule has 190 valence electrons. The third-order valence-corrected chi connectivity index (χ3v) is 5.71. The zero-order chi connectivity index (χ0) is 30.4. The van der Waals surface area contributed by atoms with E-state index in [9.17, 15) is 20.1 Å². The molecule has 0 amide bonds. The zero-order valence-electron chi connectivity index (χ0n) is 25.0. The van der Waals surface area contributed by atoms with Crippen LogP contribution in [0.5, 0.6) is 11.5 Å². The van der Waals surface area contributed by atoms with Crippen LogP contribution in [0.2, 0.25) is 0 Å². The predicted molar refractivity (Wildman–Crippen MR) is 145 cm³/mol. The van der Waals surface area contributed by atoms with Crippen LogP contribution in [0, 0.1) is 0 Å². The lowest BCUT2D eigenvalue weighted by atomic mass is 9.26. The van der Waals surface area contributed by atoms with Crippen molar-refractivity contribution in [3.05, 3.63) is 83.3 Å². The van der Waals surface area contributed by atoms with Gasteiger partial charge in [-0.25, -0.2) is 0 Å². The molecule has 1 fully saturated rings. The van der Waals surface area contributed by atoms with Crippen molar-refractivity contribution >= 4 is 37.6 Å². The summed E-state index contributed by atoms with van der Waals surface area (Å²) in [5, 5.41) is 45.8. The minimum absolute atomic E-state index is 0.210. The van der Waals surface area contributed by atoms with Gasteiger partial charge in [-0.15, -0.1) is 0 Å². The molecule has 0 saturated carbocycles. The van der Waals surface area contributed by atoms with Crippen LogP contribution in [-0.2, 0) is 6.54 Å². The topological polar surface area (TPSA) is 127 Å². The van der Waals surface area contributed by atoms with Gasteiger partial charge in [0.1, 0.15) is 0 Å². The minimum atomic E-state index is -2.22. The van der Waals surface area contributed by atoms with E-state index in [2.05, 4.69) is 15.2 Å². The molecule has 1 heterocycles. The maximum atomic E-state index is 9.55. The van der Waals surface area contributed by atoms with E-state index in [1.807, 2.05) is 0 Å². The Kier molecular flexibility index (Phi) is 7.33. The molecule has 0 aromatic heterocycles. The van der Waals surface area contributed by atoms with Crippen molar-refractivity contribution in [1.29, 1.82) is 0 Å². The van der Waals surface area contributed by atoms with Crippen molar-refractivity contribution in [3.63, 3.8) is 0 Å². The lowest BCUT2D eigenvalue weighted by molar-refractivity contribution is 0.216. The molecule has 4 rings (SSSR count). The van der Waals surface area contributed by atoms with Crippen LogP contribution in [0.3, 0.4) is 0 Å². The summed E-state index contributed by atoms with van der Waals surface area (Å²) in [7, 11) is -3.91. The van der Waals surface area contributed by atoms with Crippen LogP contribution >= 0.6 is 0 Å². The van der Waals surface area contributed by atoms with E-state index in [1.165, 1.54) is 12.3 Å². The number of hydrogen-bond acceptors (Lipinski definition) is 9. The maximum Gasteiger partial charge on any atom is 0.489 e. The van der Waals surface area contributed by atoms with E-state index in [0.29, 0.717) is 12.1 Å². The Hall–Kier alpha value is -3.47. The first-order chi connectivity index (χ1) is 20.1. The monoisotopic (exact) mass is 506 g/mol. The molecule has 1 aliphatic heterocycles. The standard InChI is InChI=1S/C26H29B2N3O6/c32-27(33)23-11-8-20(9-12-23)17-29-37-26-16-24(13-10-22(26)19-31-14-4-1-5-15-31)36-30-18-21-6-2-3-7-25(21)28(34)35/h2-3,6-13,16-18,32-35H,1,4-5,14-15,19H2/b29-17+,30-18+/i8D,9D,11D,12D,17D,27+0,28-1,30+1. The van der Waals surface area contributed by atoms with Crippen molar-refractivity contribution < 1.29 is 36.6 Å². The van der Waals surface area contributed by atoms with Crippen LogP contribution in [-0.4, -0.2) is 64.7 Å². The number of oxime groups is 2. The van der Waals surface area contributed by atoms with Gasteiger partial charge in [-0.1, -0.05) is 71.2 Å². The predicted octanol–water partition coefficient (Wildman–Crippen LogP) is 0.858. The third kappa shape index (κ3) is 7.75. The molecule has 0 spiro atoms. The van der Waals surface area contributed by atoms with E-state index >= 15 is 0 Å². The Bertz CT molecular complexity index is 1460. The average Bonchev–Trinajstić information content (AvgIpc) is 2.97. The Morgan fingerprint density at radius 3 is 2.41 bits per heavy atom. The molecule has 1 saturated heterocycles. The van der Waals surface area contributed by atoms with Crippen LogP contribution < -0.4 is 20.6 Å². The fourth-order valence-corrected chi connectivity index (χ4v) is 3.80. The molecular formula is C26H29B2N3O6. The molecule has 0 aliphatic carbocycles. The Labute approximate surface area is 223 Å². The van der Waals surface area contributed by atoms with Gasteiger partial charge in [0.05, 0.1) is 19.3 Å². The summed E-state index contributed by atoms with van der Waals surface area (Å²) in [5.74, 6) is 0.458. The van der Waals surface area contributed by atoms with Crippen LogP contribution in [0.25, 0.3) is 0 Å². The SMILES string of the molecule is [2H]/C(=N\Oc1cc(O/[15N]=C/c2ccccc2[10B](O)O)ccc1CN1CCCCC1)c1c([2H])c([2H])c([11B](O)O)c([2H])c1[2H]. The highest BCUT2D eigenvalue weighted by Crippen LogP contribution is 2.27. The van der Waals surface area contributed by atoms with E-state index in [0.717, 1.165) is 37.9 Å². The van der Waals surface area contributed by atoms with Gasteiger partial charge in [0.15, 0.2) is 11.5 Å². The third-order valence-electron chi connectivity index (χ3n) is 5.71. The van der Waals surface area contributed by atoms with Crippen molar-refractivity contribution in [2.45, 2.75) is 25.8 Å². The van der Waals surface area contributed by atoms with Crippen molar-refractivity contribution in [3.8, 4) is 11.5 Å². The molecule has 0 radical (unpaired) electrons. The summed E-state index contributed by atoms with van der Waals surface area (Å²) < 4.78 is 40.7. The first-order valence-corrected chi connectivity index (χ1v) is 11.8. The van der Waals surface area contributed by atoms with Gasteiger partial charge < -0.3 is 29.8 Å². The second kappa shape index (κ2) is 13.2. The largest absolute Gasteiger partial charge is 0.489 e. The van der Waals surface area contributed by atoms with Crippen molar-refractivity contribution in [2.75, 3.05) is 13.1 Å². The van der Waals surface area contributed by atoms with E-state index in [1.54, 1.807) is 36.4 Å². The number of piperidine rings is 1. The summed E-state index contributed by atoms with van der Waals surface area (Å²) >= 11 is 0. The number of nitrogens with zero attached hydrogens (tertiary/aromatic N) is 3. The van der Waals surface area contributed by atoms with Gasteiger partial charge in [-0.3, -0.25) is 4.90 Å². The van der Waals surface area contributed by atoms with E-state index in [-0.39, 0.29) is 17.0 Å². The zero-order valence-corrected chi connectivity index (χ0v) is 20.0. The smallest absolute Gasteiger partial charge is 0.423 e. The maximum absolute atomic E-state index is 9.55. The highest BCUT2D eigenvalue weighted by molar-refractivity contribution is 6.60. The van der Waals surface area contributed by atoms with Crippen LogP contribution in [0.15, 0.2) is 76.9 Å². The van der Waals surface area contributed by atoms with Crippen molar-refractivity contribution in [2.24, 2.45) is 10.3 Å². The molecule has 37 heavy (non-hydrogen) atoms. The normalized spacial score (nSPS) is 16.4. The molecular weight excluding hydrogens is 472 g/mol. The Morgan fingerprint density at radius 1 is 0.919 bits per heavy atom. The van der Waals surface area contributed by atoms with Crippen molar-refractivity contribution in [1.82, 2.24) is 4.90 Å². The molecule has 3 aromatic rings. The molecule has 4 N–H and O–H groups in total. The number of rotatable bonds is 10. The van der Waals surface area contributed by atoms with Gasteiger partial charge in [-0.2, -0.15) is 0 Å². The molecule has 9 nitrogen and oxygen atoms in total. The van der Waals surface area contributed by atoms with Gasteiger partial charge >= 0.3 is 14.2 Å². The number of hydrogen-bond donors (Lipinski definition) is 4. The summed E-state index contributed by atoms with van der Waals surface area (Å²) in [4.78, 5) is 13.3. The first-order valence-electron chi connectivity index (χ1n) is 14.3. The Morgan fingerprint density at radius 2 is 1.68 bits per heavy atom. The lowest BCUT2D eigenvalue weighted by Gasteiger charge is -2.26. The number of likely N-dealkylation sites (tertiary alicyclic amines) is 1. The quantitative estimate of drug-likeness (QED) is 0.139. The molecule has 3 aromatic carbocycles. The van der Waals surface area contributed by atoms with E-state index in [4.69, 9.17) is 16.5 Å². The highest BCUT2D eigenvalue weighted by Gasteiger charge is 2.16. The molecule has 0 unspecified atom stereocenters. The fraction of sp³-hybridized carbons (Fsp3) is 0.231. The van der Waals surface area contributed by atoms with Gasteiger partial charge in [0, 0.05) is 18.2 Å². The highest BCUT2D eigenvalue weighted by atomic mass is 16.8. The molecule has 1 aliphatic rings. The molecule has 11 heteroatoms.